The lowest BCUT2D eigenvalue weighted by Gasteiger charge is -1.96. The Kier molecular flexibility index (Phi) is 1.01. The molecule has 3 atom stereocenters. The van der Waals surface area contributed by atoms with Gasteiger partial charge in [-0.2, -0.15) is 0 Å². The molecule has 0 aromatic carbocycles. The molecule has 0 aromatic rings. The van der Waals surface area contributed by atoms with E-state index in [4.69, 9.17) is 0 Å². The molecule has 0 saturated heterocycles. The van der Waals surface area contributed by atoms with Crippen LogP contribution < -0.4 is 0 Å². The van der Waals surface area contributed by atoms with Crippen LogP contribution in [0, 0.1) is 11.8 Å². The first-order valence-electron chi connectivity index (χ1n) is 3.20. The molecule has 0 bridgehead atoms. The van der Waals surface area contributed by atoms with E-state index in [0.717, 1.165) is 16.7 Å². The van der Waals surface area contributed by atoms with Crippen molar-refractivity contribution in [1.82, 2.24) is 0 Å². The molecule has 2 rings (SSSR count). The van der Waals surface area contributed by atoms with Crippen LogP contribution in [0.4, 0.5) is 0 Å². The van der Waals surface area contributed by atoms with E-state index in [9.17, 15) is 0 Å². The summed E-state index contributed by atoms with van der Waals surface area (Å²) in [6, 6.07) is 0. The SMILES string of the molecule is BrC1C2C=CCCC12. The van der Waals surface area contributed by atoms with Gasteiger partial charge >= 0.3 is 0 Å². The van der Waals surface area contributed by atoms with Gasteiger partial charge in [0.1, 0.15) is 0 Å². The van der Waals surface area contributed by atoms with E-state index in [2.05, 4.69) is 28.1 Å². The summed E-state index contributed by atoms with van der Waals surface area (Å²) in [5.74, 6) is 1.91. The van der Waals surface area contributed by atoms with Crippen LogP contribution >= 0.6 is 15.9 Å². The third-order valence-electron chi connectivity index (χ3n) is 2.16. The fraction of sp³-hybridized carbons (Fsp3) is 0.714. The second-order valence-electron chi connectivity index (χ2n) is 2.69. The molecule has 1 heteroatoms. The number of rotatable bonds is 0. The van der Waals surface area contributed by atoms with Crippen molar-refractivity contribution in [3.05, 3.63) is 12.2 Å². The van der Waals surface area contributed by atoms with Gasteiger partial charge < -0.3 is 0 Å². The van der Waals surface area contributed by atoms with Crippen LogP contribution in [0.1, 0.15) is 12.8 Å². The number of alkyl halides is 1. The summed E-state index contributed by atoms with van der Waals surface area (Å²) in [7, 11) is 0. The number of hydrogen-bond donors (Lipinski definition) is 0. The fourth-order valence-corrected chi connectivity index (χ4v) is 2.51. The lowest BCUT2D eigenvalue weighted by atomic mass is 10.1. The summed E-state index contributed by atoms with van der Waals surface area (Å²) >= 11 is 3.62. The Morgan fingerprint density at radius 3 is 2.88 bits per heavy atom. The van der Waals surface area contributed by atoms with Crippen LogP contribution in [-0.4, -0.2) is 4.83 Å². The molecule has 2 aliphatic rings. The topological polar surface area (TPSA) is 0 Å². The first-order chi connectivity index (χ1) is 3.89. The molecule has 0 radical (unpaired) electrons. The molecule has 44 valence electrons. The van der Waals surface area contributed by atoms with E-state index >= 15 is 0 Å². The Balaban J connectivity index is 2.12. The number of fused-ring (bicyclic) bond motifs is 1. The third kappa shape index (κ3) is 0.572. The largest absolute Gasteiger partial charge is 0.0882 e. The first-order valence-corrected chi connectivity index (χ1v) is 4.12. The molecule has 3 unspecified atom stereocenters. The summed E-state index contributed by atoms with van der Waals surface area (Å²) < 4.78 is 0. The highest BCUT2D eigenvalue weighted by Crippen LogP contribution is 2.51. The molecule has 0 heterocycles. The highest BCUT2D eigenvalue weighted by atomic mass is 79.9. The van der Waals surface area contributed by atoms with Gasteiger partial charge in [-0.25, -0.2) is 0 Å². The van der Waals surface area contributed by atoms with Gasteiger partial charge in [0.2, 0.25) is 0 Å². The highest BCUT2D eigenvalue weighted by Gasteiger charge is 2.46. The fourth-order valence-electron chi connectivity index (χ4n) is 1.50. The normalized spacial score (nSPS) is 50.9. The summed E-state index contributed by atoms with van der Waals surface area (Å²) in [5, 5.41) is 0. The zero-order valence-electron chi connectivity index (χ0n) is 4.68. The van der Waals surface area contributed by atoms with Gasteiger partial charge in [0, 0.05) is 4.83 Å². The van der Waals surface area contributed by atoms with Gasteiger partial charge in [-0.15, -0.1) is 0 Å². The molecular weight excluding hydrogens is 164 g/mol. The van der Waals surface area contributed by atoms with Gasteiger partial charge in [-0.05, 0) is 24.7 Å². The molecule has 0 spiro atoms. The molecule has 0 N–H and O–H groups in total. The quantitative estimate of drug-likeness (QED) is 0.389. The van der Waals surface area contributed by atoms with Gasteiger partial charge in [0.05, 0.1) is 0 Å². The smallest absolute Gasteiger partial charge is 0.0245 e. The Morgan fingerprint density at radius 2 is 2.38 bits per heavy atom. The summed E-state index contributed by atoms with van der Waals surface area (Å²) in [5.41, 5.74) is 0. The van der Waals surface area contributed by atoms with E-state index in [1.165, 1.54) is 12.8 Å². The average molecular weight is 173 g/mol. The minimum Gasteiger partial charge on any atom is -0.0882 e. The standard InChI is InChI=1S/C7H9Br/c8-7-5-3-1-2-4-6(5)7/h1,3,5-7H,2,4H2. The van der Waals surface area contributed by atoms with E-state index in [0.29, 0.717) is 0 Å². The van der Waals surface area contributed by atoms with Crippen molar-refractivity contribution in [2.24, 2.45) is 11.8 Å². The van der Waals surface area contributed by atoms with Crippen LogP contribution in [0.25, 0.3) is 0 Å². The Hall–Kier alpha value is 0.220. The minimum atomic E-state index is 0.834. The van der Waals surface area contributed by atoms with Crippen molar-refractivity contribution < 1.29 is 0 Å². The number of hydrogen-bond acceptors (Lipinski definition) is 0. The monoisotopic (exact) mass is 172 g/mol. The Morgan fingerprint density at radius 1 is 1.50 bits per heavy atom. The molecule has 0 aliphatic heterocycles. The molecule has 0 nitrogen and oxygen atoms in total. The van der Waals surface area contributed by atoms with Crippen LogP contribution in [0.15, 0.2) is 12.2 Å². The highest BCUT2D eigenvalue weighted by molar-refractivity contribution is 9.09. The van der Waals surface area contributed by atoms with Crippen molar-refractivity contribution in [1.29, 1.82) is 0 Å². The van der Waals surface area contributed by atoms with E-state index < -0.39 is 0 Å². The van der Waals surface area contributed by atoms with Crippen molar-refractivity contribution in [2.75, 3.05) is 0 Å². The zero-order valence-corrected chi connectivity index (χ0v) is 6.26. The Bertz CT molecular complexity index is 128. The minimum absolute atomic E-state index is 0.834. The summed E-state index contributed by atoms with van der Waals surface area (Å²) in [6.07, 6.45) is 7.39. The van der Waals surface area contributed by atoms with Crippen molar-refractivity contribution in [3.63, 3.8) is 0 Å². The van der Waals surface area contributed by atoms with Crippen molar-refractivity contribution in [3.8, 4) is 0 Å². The number of halogens is 1. The van der Waals surface area contributed by atoms with E-state index in [1.807, 2.05) is 0 Å². The van der Waals surface area contributed by atoms with Crippen LogP contribution in [0.2, 0.25) is 0 Å². The molecule has 1 fully saturated rings. The predicted octanol–water partition coefficient (Wildman–Crippen LogP) is 2.35. The van der Waals surface area contributed by atoms with E-state index in [1.54, 1.807) is 0 Å². The van der Waals surface area contributed by atoms with Gasteiger partial charge in [-0.1, -0.05) is 28.1 Å². The molecule has 0 aromatic heterocycles. The van der Waals surface area contributed by atoms with E-state index in [-0.39, 0.29) is 0 Å². The van der Waals surface area contributed by atoms with Crippen molar-refractivity contribution >= 4 is 15.9 Å². The molecule has 1 saturated carbocycles. The summed E-state index contributed by atoms with van der Waals surface area (Å²) in [6.45, 7) is 0. The average Bonchev–Trinajstić information content (AvgIpc) is 2.46. The lowest BCUT2D eigenvalue weighted by molar-refractivity contribution is 0.684. The number of allylic oxidation sites excluding steroid dienone is 2. The third-order valence-corrected chi connectivity index (χ3v) is 3.44. The van der Waals surface area contributed by atoms with Gasteiger partial charge in [0.25, 0.3) is 0 Å². The predicted molar refractivity (Wildman–Crippen MR) is 38.1 cm³/mol. The molecule has 8 heavy (non-hydrogen) atoms. The van der Waals surface area contributed by atoms with Crippen molar-refractivity contribution in [2.45, 2.75) is 17.7 Å². The first kappa shape index (κ1) is 5.04. The van der Waals surface area contributed by atoms with Gasteiger partial charge in [0.15, 0.2) is 0 Å². The second-order valence-corrected chi connectivity index (χ2v) is 3.75. The molecule has 0 amide bonds. The van der Waals surface area contributed by atoms with Crippen LogP contribution in [0.3, 0.4) is 0 Å². The zero-order chi connectivity index (χ0) is 5.56. The second kappa shape index (κ2) is 1.60. The lowest BCUT2D eigenvalue weighted by Crippen LogP contribution is -1.83. The Labute approximate surface area is 58.1 Å². The maximum Gasteiger partial charge on any atom is 0.0245 e. The maximum atomic E-state index is 3.62. The molecule has 2 aliphatic carbocycles. The van der Waals surface area contributed by atoms with Crippen LogP contribution in [0.5, 0.6) is 0 Å². The maximum absolute atomic E-state index is 3.62. The summed E-state index contributed by atoms with van der Waals surface area (Å²) in [4.78, 5) is 0.834. The van der Waals surface area contributed by atoms with Gasteiger partial charge in [-0.3, -0.25) is 0 Å². The van der Waals surface area contributed by atoms with Crippen LogP contribution in [-0.2, 0) is 0 Å². The molecular formula is C7H9Br.